The van der Waals surface area contributed by atoms with Crippen LogP contribution in [-0.4, -0.2) is 33.3 Å². The molecule has 3 aromatic rings. The number of halogens is 1. The highest BCUT2D eigenvalue weighted by Gasteiger charge is 2.46. The Kier molecular flexibility index (Phi) is 6.49. The fourth-order valence-electron chi connectivity index (χ4n) is 3.76. The molecule has 0 saturated carbocycles. The third-order valence-electron chi connectivity index (χ3n) is 5.37. The lowest BCUT2D eigenvalue weighted by Crippen LogP contribution is -2.29. The second-order valence-electron chi connectivity index (χ2n) is 7.68. The van der Waals surface area contributed by atoms with Gasteiger partial charge in [0.05, 0.1) is 17.9 Å². The smallest absolute Gasteiger partial charge is 0.296 e. The standard InChI is InChI=1S/C26H23FN2O4/c1-2-15-33-20-12-8-18(9-13-20)24(30)22-23(21-5-3-4-14-28-21)29(26(32)25(22)31)16-17-6-10-19(27)11-7-17/h3-14,23,30H,2,15-16H2,1H3/b24-22-. The molecule has 1 aliphatic heterocycles. The molecule has 1 N–H and O–H groups in total. The molecule has 7 heteroatoms. The lowest BCUT2D eigenvalue weighted by Gasteiger charge is -2.24. The number of ether oxygens (including phenoxy) is 1. The molecule has 0 bridgehead atoms. The number of aliphatic hydroxyl groups excluding tert-OH is 1. The van der Waals surface area contributed by atoms with Gasteiger partial charge in [-0.25, -0.2) is 4.39 Å². The number of aliphatic hydroxyl groups is 1. The first-order valence-electron chi connectivity index (χ1n) is 10.7. The summed E-state index contributed by atoms with van der Waals surface area (Å²) in [7, 11) is 0. The van der Waals surface area contributed by atoms with Gasteiger partial charge in [0.1, 0.15) is 23.4 Å². The van der Waals surface area contributed by atoms with Crippen molar-refractivity contribution in [1.29, 1.82) is 0 Å². The Bertz CT molecular complexity index is 1180. The second-order valence-corrected chi connectivity index (χ2v) is 7.68. The number of hydrogen-bond donors (Lipinski definition) is 1. The quantitative estimate of drug-likeness (QED) is 0.325. The first-order valence-corrected chi connectivity index (χ1v) is 10.7. The number of likely N-dealkylation sites (tertiary alicyclic amines) is 1. The van der Waals surface area contributed by atoms with Crippen LogP contribution in [0.15, 0.2) is 78.5 Å². The molecule has 1 fully saturated rings. The topological polar surface area (TPSA) is 79.7 Å². The van der Waals surface area contributed by atoms with Crippen molar-refractivity contribution in [2.24, 2.45) is 0 Å². The molecule has 1 amide bonds. The van der Waals surface area contributed by atoms with Crippen molar-refractivity contribution in [3.63, 3.8) is 0 Å². The highest BCUT2D eigenvalue weighted by atomic mass is 19.1. The van der Waals surface area contributed by atoms with E-state index < -0.39 is 23.5 Å². The maximum absolute atomic E-state index is 13.3. The van der Waals surface area contributed by atoms with Gasteiger partial charge in [-0.15, -0.1) is 0 Å². The number of benzene rings is 2. The van der Waals surface area contributed by atoms with Crippen LogP contribution in [0.3, 0.4) is 0 Å². The molecule has 2 aromatic carbocycles. The summed E-state index contributed by atoms with van der Waals surface area (Å²) in [6.07, 6.45) is 2.43. The van der Waals surface area contributed by atoms with E-state index in [9.17, 15) is 19.1 Å². The molecular weight excluding hydrogens is 423 g/mol. The summed E-state index contributed by atoms with van der Waals surface area (Å²) in [5.41, 5.74) is 1.45. The maximum Gasteiger partial charge on any atom is 0.296 e. The summed E-state index contributed by atoms with van der Waals surface area (Å²) in [5.74, 6) is -1.58. The Labute approximate surface area is 191 Å². The van der Waals surface area contributed by atoms with Crippen LogP contribution in [0.1, 0.15) is 36.2 Å². The van der Waals surface area contributed by atoms with E-state index in [0.29, 0.717) is 29.2 Å². The average Bonchev–Trinajstić information content (AvgIpc) is 3.09. The molecule has 2 heterocycles. The van der Waals surface area contributed by atoms with Gasteiger partial charge in [-0.2, -0.15) is 0 Å². The molecule has 0 aliphatic carbocycles. The summed E-state index contributed by atoms with van der Waals surface area (Å²) < 4.78 is 18.9. The van der Waals surface area contributed by atoms with Gasteiger partial charge < -0.3 is 14.7 Å². The number of amides is 1. The second kappa shape index (κ2) is 9.65. The van der Waals surface area contributed by atoms with E-state index in [-0.39, 0.29) is 17.9 Å². The summed E-state index contributed by atoms with van der Waals surface area (Å²) in [5, 5.41) is 11.1. The van der Waals surface area contributed by atoms with Gasteiger partial charge in [-0.05, 0) is 60.5 Å². The highest BCUT2D eigenvalue weighted by Crippen LogP contribution is 2.39. The Balaban J connectivity index is 1.76. The SMILES string of the molecule is CCCOc1ccc(/C(O)=C2/C(=O)C(=O)N(Cc3ccc(F)cc3)C2c2ccccn2)cc1. The van der Waals surface area contributed by atoms with Crippen LogP contribution in [0.25, 0.3) is 5.76 Å². The number of carbonyl (C=O) groups excluding carboxylic acids is 2. The zero-order valence-electron chi connectivity index (χ0n) is 18.1. The van der Waals surface area contributed by atoms with Crippen LogP contribution in [0.4, 0.5) is 4.39 Å². The summed E-state index contributed by atoms with van der Waals surface area (Å²) in [6.45, 7) is 2.63. The van der Waals surface area contributed by atoms with Gasteiger partial charge in [-0.3, -0.25) is 14.6 Å². The number of ketones is 1. The normalized spacial score (nSPS) is 17.4. The molecular formula is C26H23FN2O4. The van der Waals surface area contributed by atoms with Crippen molar-refractivity contribution in [1.82, 2.24) is 9.88 Å². The van der Waals surface area contributed by atoms with E-state index >= 15 is 0 Å². The molecule has 1 saturated heterocycles. The van der Waals surface area contributed by atoms with Crippen LogP contribution in [0.5, 0.6) is 5.75 Å². The fourth-order valence-corrected chi connectivity index (χ4v) is 3.76. The van der Waals surface area contributed by atoms with Crippen LogP contribution < -0.4 is 4.74 Å². The molecule has 4 rings (SSSR count). The molecule has 0 spiro atoms. The molecule has 168 valence electrons. The van der Waals surface area contributed by atoms with Gasteiger partial charge in [0.2, 0.25) is 0 Å². The third-order valence-corrected chi connectivity index (χ3v) is 5.37. The van der Waals surface area contributed by atoms with Crippen molar-refractivity contribution >= 4 is 17.4 Å². The van der Waals surface area contributed by atoms with Gasteiger partial charge in [0, 0.05) is 18.3 Å². The number of aromatic nitrogens is 1. The van der Waals surface area contributed by atoms with Crippen molar-refractivity contribution in [3.8, 4) is 5.75 Å². The van der Waals surface area contributed by atoms with E-state index in [2.05, 4.69) is 4.98 Å². The zero-order chi connectivity index (χ0) is 23.4. The lowest BCUT2D eigenvalue weighted by atomic mass is 9.98. The minimum Gasteiger partial charge on any atom is -0.507 e. The van der Waals surface area contributed by atoms with Crippen LogP contribution in [0, 0.1) is 5.82 Å². The zero-order valence-corrected chi connectivity index (χ0v) is 18.1. The Morgan fingerprint density at radius 1 is 1.06 bits per heavy atom. The molecule has 0 radical (unpaired) electrons. The number of pyridine rings is 1. The minimum atomic E-state index is -0.882. The van der Waals surface area contributed by atoms with Crippen molar-refractivity contribution in [3.05, 3.63) is 101 Å². The predicted molar refractivity (Wildman–Crippen MR) is 121 cm³/mol. The van der Waals surface area contributed by atoms with E-state index in [1.54, 1.807) is 60.8 Å². The third kappa shape index (κ3) is 4.62. The van der Waals surface area contributed by atoms with Gasteiger partial charge in [0.15, 0.2) is 0 Å². The average molecular weight is 446 g/mol. The Morgan fingerprint density at radius 3 is 2.42 bits per heavy atom. The molecule has 1 unspecified atom stereocenters. The van der Waals surface area contributed by atoms with Crippen LogP contribution in [0.2, 0.25) is 0 Å². The molecule has 1 aliphatic rings. The number of hydrogen-bond acceptors (Lipinski definition) is 5. The van der Waals surface area contributed by atoms with E-state index in [1.165, 1.54) is 17.0 Å². The number of carbonyl (C=O) groups is 2. The van der Waals surface area contributed by atoms with E-state index in [4.69, 9.17) is 4.74 Å². The summed E-state index contributed by atoms with van der Waals surface area (Å²) in [6, 6.07) is 16.7. The number of Topliss-reactive ketones (excluding diaryl/α,β-unsaturated/α-hetero) is 1. The fraction of sp³-hybridized carbons (Fsp3) is 0.192. The minimum absolute atomic E-state index is 0.0389. The predicted octanol–water partition coefficient (Wildman–Crippen LogP) is 4.63. The van der Waals surface area contributed by atoms with E-state index in [1.807, 2.05) is 6.92 Å². The Morgan fingerprint density at radius 2 is 1.79 bits per heavy atom. The molecule has 33 heavy (non-hydrogen) atoms. The molecule has 6 nitrogen and oxygen atoms in total. The Hall–Kier alpha value is -4.00. The summed E-state index contributed by atoms with van der Waals surface area (Å²) >= 11 is 0. The lowest BCUT2D eigenvalue weighted by molar-refractivity contribution is -0.140. The van der Waals surface area contributed by atoms with E-state index in [0.717, 1.165) is 6.42 Å². The van der Waals surface area contributed by atoms with Gasteiger partial charge >= 0.3 is 0 Å². The van der Waals surface area contributed by atoms with Crippen LogP contribution in [-0.2, 0) is 16.1 Å². The number of nitrogens with zero attached hydrogens (tertiary/aromatic N) is 2. The van der Waals surface area contributed by atoms with Crippen molar-refractivity contribution < 1.29 is 23.8 Å². The molecule has 1 aromatic heterocycles. The van der Waals surface area contributed by atoms with Crippen molar-refractivity contribution in [2.45, 2.75) is 25.9 Å². The van der Waals surface area contributed by atoms with Crippen LogP contribution >= 0.6 is 0 Å². The maximum atomic E-state index is 13.3. The first-order chi connectivity index (χ1) is 16.0. The molecule has 1 atom stereocenters. The van der Waals surface area contributed by atoms with Gasteiger partial charge in [-0.1, -0.05) is 25.1 Å². The van der Waals surface area contributed by atoms with Gasteiger partial charge in [0.25, 0.3) is 11.7 Å². The summed E-state index contributed by atoms with van der Waals surface area (Å²) in [4.78, 5) is 31.7. The van der Waals surface area contributed by atoms with Crippen molar-refractivity contribution in [2.75, 3.05) is 6.61 Å². The first kappa shape index (κ1) is 22.2. The largest absolute Gasteiger partial charge is 0.507 e. The highest BCUT2D eigenvalue weighted by molar-refractivity contribution is 6.46. The number of rotatable bonds is 7. The monoisotopic (exact) mass is 446 g/mol.